The van der Waals surface area contributed by atoms with Gasteiger partial charge in [-0.2, -0.15) is 0 Å². The molecule has 120 valence electrons. The van der Waals surface area contributed by atoms with Gasteiger partial charge in [0.25, 0.3) is 0 Å². The van der Waals surface area contributed by atoms with Gasteiger partial charge in [0.2, 0.25) is 0 Å². The fourth-order valence-corrected chi connectivity index (χ4v) is 3.62. The van der Waals surface area contributed by atoms with E-state index in [0.29, 0.717) is 0 Å². The molecule has 0 spiro atoms. The first-order valence-electron chi connectivity index (χ1n) is 9.20. The first-order valence-corrected chi connectivity index (χ1v) is 9.20. The molecule has 1 N–H and O–H groups in total. The molecule has 0 aliphatic heterocycles. The van der Waals surface area contributed by atoms with Crippen molar-refractivity contribution < 1.29 is 0 Å². The summed E-state index contributed by atoms with van der Waals surface area (Å²) >= 11 is 0. The van der Waals surface area contributed by atoms with E-state index in [-0.39, 0.29) is 0 Å². The van der Waals surface area contributed by atoms with Gasteiger partial charge in [-0.25, -0.2) is 0 Å². The Hall–Kier alpha value is -0.0800. The second-order valence-electron chi connectivity index (χ2n) is 6.62. The third kappa shape index (κ3) is 6.13. The molecule has 2 heteroatoms. The van der Waals surface area contributed by atoms with Crippen LogP contribution in [-0.2, 0) is 0 Å². The molecule has 0 saturated heterocycles. The topological polar surface area (TPSA) is 15.3 Å². The zero-order valence-electron chi connectivity index (χ0n) is 14.5. The van der Waals surface area contributed by atoms with Crippen molar-refractivity contribution in [1.29, 1.82) is 0 Å². The van der Waals surface area contributed by atoms with Gasteiger partial charge in [-0.3, -0.25) is 0 Å². The predicted molar refractivity (Wildman–Crippen MR) is 90.2 cm³/mol. The van der Waals surface area contributed by atoms with Crippen LogP contribution in [0.15, 0.2) is 0 Å². The zero-order valence-corrected chi connectivity index (χ0v) is 14.5. The van der Waals surface area contributed by atoms with Gasteiger partial charge < -0.3 is 10.2 Å². The van der Waals surface area contributed by atoms with E-state index in [0.717, 1.165) is 17.9 Å². The Morgan fingerprint density at radius 2 is 1.85 bits per heavy atom. The maximum absolute atomic E-state index is 3.77. The van der Waals surface area contributed by atoms with Gasteiger partial charge in [0.05, 0.1) is 0 Å². The van der Waals surface area contributed by atoms with Crippen molar-refractivity contribution in [2.24, 2.45) is 11.8 Å². The lowest BCUT2D eigenvalue weighted by Gasteiger charge is -2.28. The quantitative estimate of drug-likeness (QED) is 0.608. The number of rotatable bonds is 11. The van der Waals surface area contributed by atoms with Gasteiger partial charge in [0, 0.05) is 12.6 Å². The van der Waals surface area contributed by atoms with Crippen LogP contribution in [0.2, 0.25) is 0 Å². The van der Waals surface area contributed by atoms with E-state index in [4.69, 9.17) is 0 Å². The Kier molecular flexibility index (Phi) is 9.54. The summed E-state index contributed by atoms with van der Waals surface area (Å²) in [6.07, 6.45) is 9.61. The second-order valence-corrected chi connectivity index (χ2v) is 6.62. The minimum Gasteiger partial charge on any atom is -0.314 e. The molecule has 1 aliphatic carbocycles. The van der Waals surface area contributed by atoms with Crippen LogP contribution in [-0.4, -0.2) is 37.1 Å². The molecule has 0 aromatic heterocycles. The SMILES string of the molecule is CCCNC1CCCC1CCN(CC)CC(CC)CC. The maximum Gasteiger partial charge on any atom is 0.00958 e. The Balaban J connectivity index is 2.31. The van der Waals surface area contributed by atoms with E-state index in [2.05, 4.69) is 37.9 Å². The molecule has 0 amide bonds. The van der Waals surface area contributed by atoms with Crippen LogP contribution in [0, 0.1) is 11.8 Å². The standard InChI is InChI=1S/C18H38N2/c1-5-13-19-18-11-9-10-17(18)12-14-20(8-4)15-16(6-2)7-3/h16-19H,5-15H2,1-4H3. The normalized spacial score (nSPS) is 23.1. The van der Waals surface area contributed by atoms with Crippen LogP contribution in [0.4, 0.5) is 0 Å². The van der Waals surface area contributed by atoms with Crippen LogP contribution >= 0.6 is 0 Å². The summed E-state index contributed by atoms with van der Waals surface area (Å²) in [7, 11) is 0. The lowest BCUT2D eigenvalue weighted by molar-refractivity contribution is 0.211. The molecule has 0 bridgehead atoms. The molecule has 1 fully saturated rings. The zero-order chi connectivity index (χ0) is 14.8. The third-order valence-electron chi connectivity index (χ3n) is 5.25. The minimum atomic E-state index is 0.807. The Bertz CT molecular complexity index is 225. The highest BCUT2D eigenvalue weighted by Gasteiger charge is 2.26. The average molecular weight is 283 g/mol. The van der Waals surface area contributed by atoms with Crippen molar-refractivity contribution in [3.05, 3.63) is 0 Å². The molecule has 0 aromatic rings. The molecular formula is C18H38N2. The summed E-state index contributed by atoms with van der Waals surface area (Å²) in [5.41, 5.74) is 0. The number of hydrogen-bond donors (Lipinski definition) is 1. The van der Waals surface area contributed by atoms with Crippen molar-refractivity contribution in [3.63, 3.8) is 0 Å². The molecular weight excluding hydrogens is 244 g/mol. The summed E-state index contributed by atoms with van der Waals surface area (Å²) in [5.74, 6) is 1.82. The van der Waals surface area contributed by atoms with Crippen molar-refractivity contribution in [3.8, 4) is 0 Å². The summed E-state index contributed by atoms with van der Waals surface area (Å²) < 4.78 is 0. The molecule has 2 nitrogen and oxygen atoms in total. The molecule has 1 saturated carbocycles. The van der Waals surface area contributed by atoms with Crippen LogP contribution in [0.25, 0.3) is 0 Å². The Morgan fingerprint density at radius 1 is 1.10 bits per heavy atom. The first kappa shape index (κ1) is 18.0. The largest absolute Gasteiger partial charge is 0.314 e. The maximum atomic E-state index is 3.77. The van der Waals surface area contributed by atoms with E-state index in [9.17, 15) is 0 Å². The highest BCUT2D eigenvalue weighted by molar-refractivity contribution is 4.83. The molecule has 0 radical (unpaired) electrons. The summed E-state index contributed by atoms with van der Waals surface area (Å²) in [5, 5.41) is 3.77. The Labute approximate surface area is 127 Å². The predicted octanol–water partition coefficient (Wildman–Crippen LogP) is 4.30. The van der Waals surface area contributed by atoms with Crippen molar-refractivity contribution in [2.75, 3.05) is 26.2 Å². The number of nitrogens with one attached hydrogen (secondary N) is 1. The summed E-state index contributed by atoms with van der Waals surface area (Å²) in [4.78, 5) is 2.69. The highest BCUT2D eigenvalue weighted by Crippen LogP contribution is 2.28. The number of hydrogen-bond acceptors (Lipinski definition) is 2. The Morgan fingerprint density at radius 3 is 2.45 bits per heavy atom. The summed E-state index contributed by atoms with van der Waals surface area (Å²) in [6.45, 7) is 14.3. The first-order chi connectivity index (χ1) is 9.74. The van der Waals surface area contributed by atoms with Gasteiger partial charge in [-0.05, 0) is 57.2 Å². The lowest BCUT2D eigenvalue weighted by Crippen LogP contribution is -2.36. The lowest BCUT2D eigenvalue weighted by atomic mass is 9.98. The molecule has 20 heavy (non-hydrogen) atoms. The monoisotopic (exact) mass is 282 g/mol. The third-order valence-corrected chi connectivity index (χ3v) is 5.25. The second kappa shape index (κ2) is 10.6. The number of nitrogens with zero attached hydrogens (tertiary/aromatic N) is 1. The molecule has 1 rings (SSSR count). The minimum absolute atomic E-state index is 0.807. The van der Waals surface area contributed by atoms with E-state index >= 15 is 0 Å². The van der Waals surface area contributed by atoms with Crippen molar-refractivity contribution in [1.82, 2.24) is 10.2 Å². The van der Waals surface area contributed by atoms with Crippen LogP contribution < -0.4 is 5.32 Å². The smallest absolute Gasteiger partial charge is 0.00958 e. The summed E-state index contributed by atoms with van der Waals surface area (Å²) in [6, 6.07) is 0.807. The van der Waals surface area contributed by atoms with Crippen molar-refractivity contribution in [2.45, 2.75) is 78.7 Å². The van der Waals surface area contributed by atoms with Gasteiger partial charge in [0.1, 0.15) is 0 Å². The van der Waals surface area contributed by atoms with Crippen LogP contribution in [0.3, 0.4) is 0 Å². The molecule has 0 aromatic carbocycles. The van der Waals surface area contributed by atoms with Crippen molar-refractivity contribution >= 4 is 0 Å². The highest BCUT2D eigenvalue weighted by atomic mass is 15.1. The van der Waals surface area contributed by atoms with Gasteiger partial charge in [-0.1, -0.05) is 47.0 Å². The molecule has 2 unspecified atom stereocenters. The van der Waals surface area contributed by atoms with E-state index < -0.39 is 0 Å². The molecule has 0 heterocycles. The molecule has 1 aliphatic rings. The van der Waals surface area contributed by atoms with E-state index in [1.807, 2.05) is 0 Å². The van der Waals surface area contributed by atoms with Crippen LogP contribution in [0.5, 0.6) is 0 Å². The van der Waals surface area contributed by atoms with Gasteiger partial charge in [0.15, 0.2) is 0 Å². The van der Waals surface area contributed by atoms with E-state index in [1.54, 1.807) is 0 Å². The van der Waals surface area contributed by atoms with Gasteiger partial charge >= 0.3 is 0 Å². The van der Waals surface area contributed by atoms with Gasteiger partial charge in [-0.15, -0.1) is 0 Å². The molecule has 2 atom stereocenters. The van der Waals surface area contributed by atoms with Crippen LogP contribution in [0.1, 0.15) is 72.6 Å². The fourth-order valence-electron chi connectivity index (χ4n) is 3.62. The average Bonchev–Trinajstić information content (AvgIpc) is 2.93. The fraction of sp³-hybridized carbons (Fsp3) is 1.00. The van der Waals surface area contributed by atoms with E-state index in [1.165, 1.54) is 71.1 Å².